The van der Waals surface area contributed by atoms with E-state index in [0.717, 1.165) is 36.6 Å². The van der Waals surface area contributed by atoms with Gasteiger partial charge in [-0.3, -0.25) is 0 Å². The zero-order valence-corrected chi connectivity index (χ0v) is 17.6. The van der Waals surface area contributed by atoms with Gasteiger partial charge < -0.3 is 19.3 Å². The van der Waals surface area contributed by atoms with E-state index < -0.39 is 0 Å². The van der Waals surface area contributed by atoms with Crippen LogP contribution in [0.3, 0.4) is 0 Å². The molecule has 0 unspecified atom stereocenters. The van der Waals surface area contributed by atoms with Crippen LogP contribution in [0.5, 0.6) is 5.75 Å². The summed E-state index contributed by atoms with van der Waals surface area (Å²) in [6.45, 7) is 5.26. The van der Waals surface area contributed by atoms with Crippen molar-refractivity contribution in [3.63, 3.8) is 0 Å². The summed E-state index contributed by atoms with van der Waals surface area (Å²) in [4.78, 5) is 24.1. The molecule has 0 aliphatic carbocycles. The molecular formula is C21H27ClN4O2. The highest BCUT2D eigenvalue weighted by Crippen LogP contribution is 2.29. The van der Waals surface area contributed by atoms with Gasteiger partial charge >= 0.3 is 0 Å². The third kappa shape index (κ3) is 4.93. The molecule has 1 aliphatic rings. The van der Waals surface area contributed by atoms with Crippen LogP contribution in [0.2, 0.25) is 5.02 Å². The molecule has 1 aromatic heterocycles. The Labute approximate surface area is 171 Å². The van der Waals surface area contributed by atoms with E-state index in [1.165, 1.54) is 0 Å². The lowest BCUT2D eigenvalue weighted by Gasteiger charge is -2.21. The topological polar surface area (TPSA) is 58.6 Å². The zero-order valence-electron chi connectivity index (χ0n) is 16.9. The number of carbonyl (C=O) groups excluding carboxylic acids is 1. The fourth-order valence-corrected chi connectivity index (χ4v) is 3.63. The molecule has 2 atom stereocenters. The zero-order chi connectivity index (χ0) is 20.3. The monoisotopic (exact) mass is 402 g/mol. The van der Waals surface area contributed by atoms with E-state index in [2.05, 4.69) is 21.8 Å². The lowest BCUT2D eigenvalue weighted by molar-refractivity contribution is -0.117. The van der Waals surface area contributed by atoms with E-state index in [4.69, 9.17) is 16.3 Å². The number of halogens is 1. The molecule has 150 valence electrons. The van der Waals surface area contributed by atoms with Crippen molar-refractivity contribution >= 4 is 29.2 Å². The molecule has 7 heteroatoms. The second-order valence-corrected chi connectivity index (χ2v) is 7.99. The molecular weight excluding hydrogens is 376 g/mol. The molecule has 28 heavy (non-hydrogen) atoms. The Bertz CT molecular complexity index is 826. The van der Waals surface area contributed by atoms with Gasteiger partial charge in [0.25, 0.3) is 0 Å². The Morgan fingerprint density at radius 2 is 2.07 bits per heavy atom. The number of benzene rings is 1. The highest BCUT2D eigenvalue weighted by atomic mass is 35.5. The second kappa shape index (κ2) is 8.78. The number of rotatable bonds is 7. The van der Waals surface area contributed by atoms with E-state index in [9.17, 15) is 4.79 Å². The minimum absolute atomic E-state index is 0.0781. The van der Waals surface area contributed by atoms with E-state index in [0.29, 0.717) is 17.4 Å². The van der Waals surface area contributed by atoms with Gasteiger partial charge in [0.1, 0.15) is 22.7 Å². The van der Waals surface area contributed by atoms with E-state index in [1.807, 2.05) is 43.3 Å². The first-order valence-electron chi connectivity index (χ1n) is 9.54. The van der Waals surface area contributed by atoms with Gasteiger partial charge in [0.05, 0.1) is 12.7 Å². The van der Waals surface area contributed by atoms with Crippen molar-refractivity contribution in [1.29, 1.82) is 0 Å². The standard InChI is InChI=1S/C21H27ClN4O2/c1-14(11-15(2)27)16-5-7-17(8-6-16)28-18-9-10-26(13-18)20-19(22)12-23-21(24-20)25(3)4/h5-8,12,14,18H,9-11,13H2,1-4H3/t14-,18-/m1/s1. The van der Waals surface area contributed by atoms with Gasteiger partial charge in [-0.1, -0.05) is 30.7 Å². The number of Topliss-reactive ketones (excluding diaryl/α,β-unsaturated/α-hetero) is 1. The average Bonchev–Trinajstić information content (AvgIpc) is 3.10. The molecule has 1 aliphatic heterocycles. The third-order valence-corrected chi connectivity index (χ3v) is 5.17. The second-order valence-electron chi connectivity index (χ2n) is 7.59. The number of aromatic nitrogens is 2. The summed E-state index contributed by atoms with van der Waals surface area (Å²) in [5, 5.41) is 0.551. The minimum Gasteiger partial charge on any atom is -0.489 e. The van der Waals surface area contributed by atoms with Crippen LogP contribution >= 0.6 is 11.6 Å². The highest BCUT2D eigenvalue weighted by Gasteiger charge is 2.27. The Hall–Kier alpha value is -2.34. The van der Waals surface area contributed by atoms with Crippen molar-refractivity contribution < 1.29 is 9.53 Å². The molecule has 2 heterocycles. The van der Waals surface area contributed by atoms with Crippen molar-refractivity contribution in [3.8, 4) is 5.75 Å². The first-order chi connectivity index (χ1) is 13.3. The van der Waals surface area contributed by atoms with Gasteiger partial charge in [-0.25, -0.2) is 4.98 Å². The van der Waals surface area contributed by atoms with Gasteiger partial charge in [-0.15, -0.1) is 0 Å². The van der Waals surface area contributed by atoms with Crippen molar-refractivity contribution in [1.82, 2.24) is 9.97 Å². The molecule has 0 N–H and O–H groups in total. The Morgan fingerprint density at radius 3 is 2.71 bits per heavy atom. The normalized spacial score (nSPS) is 17.5. The Balaban J connectivity index is 1.62. The summed E-state index contributed by atoms with van der Waals surface area (Å²) < 4.78 is 6.15. The molecule has 0 radical (unpaired) electrons. The van der Waals surface area contributed by atoms with Crippen molar-refractivity contribution in [2.24, 2.45) is 0 Å². The largest absolute Gasteiger partial charge is 0.489 e. The summed E-state index contributed by atoms with van der Waals surface area (Å²) in [6, 6.07) is 8.05. The van der Waals surface area contributed by atoms with Gasteiger partial charge in [-0.05, 0) is 30.5 Å². The summed E-state index contributed by atoms with van der Waals surface area (Å²) in [5.41, 5.74) is 1.15. The maximum Gasteiger partial charge on any atom is 0.226 e. The first kappa shape index (κ1) is 20.4. The van der Waals surface area contributed by atoms with Crippen LogP contribution in [0.25, 0.3) is 0 Å². The number of carbonyl (C=O) groups is 1. The molecule has 1 saturated heterocycles. The number of hydrogen-bond donors (Lipinski definition) is 0. The van der Waals surface area contributed by atoms with Gasteiger partial charge in [0.2, 0.25) is 5.95 Å². The van der Waals surface area contributed by atoms with Crippen molar-refractivity contribution in [2.45, 2.75) is 38.7 Å². The lowest BCUT2D eigenvalue weighted by Crippen LogP contribution is -2.26. The fraction of sp³-hybridized carbons (Fsp3) is 0.476. The average molecular weight is 403 g/mol. The van der Waals surface area contributed by atoms with Gasteiger partial charge in [0, 0.05) is 33.5 Å². The van der Waals surface area contributed by atoms with E-state index in [1.54, 1.807) is 13.1 Å². The molecule has 3 rings (SSSR count). The predicted octanol–water partition coefficient (Wildman–Crippen LogP) is 3.94. The molecule has 0 saturated carbocycles. The van der Waals surface area contributed by atoms with Crippen molar-refractivity contribution in [3.05, 3.63) is 41.0 Å². The van der Waals surface area contributed by atoms with Crippen LogP contribution in [0, 0.1) is 0 Å². The lowest BCUT2D eigenvalue weighted by atomic mass is 9.96. The van der Waals surface area contributed by atoms with Crippen molar-refractivity contribution in [2.75, 3.05) is 37.0 Å². The van der Waals surface area contributed by atoms with Crippen LogP contribution in [0.15, 0.2) is 30.5 Å². The maximum atomic E-state index is 11.3. The molecule has 1 fully saturated rings. The van der Waals surface area contributed by atoms with E-state index >= 15 is 0 Å². The van der Waals surface area contributed by atoms with Crippen LogP contribution in [0.1, 0.15) is 38.2 Å². The van der Waals surface area contributed by atoms with Gasteiger partial charge in [0.15, 0.2) is 5.82 Å². The molecule has 0 amide bonds. The summed E-state index contributed by atoms with van der Waals surface area (Å²) >= 11 is 6.32. The molecule has 0 bridgehead atoms. The summed E-state index contributed by atoms with van der Waals surface area (Å²) in [5.74, 6) is 2.66. The number of ketones is 1. The molecule has 6 nitrogen and oxygen atoms in total. The van der Waals surface area contributed by atoms with Crippen LogP contribution < -0.4 is 14.5 Å². The highest BCUT2D eigenvalue weighted by molar-refractivity contribution is 6.32. The number of hydrogen-bond acceptors (Lipinski definition) is 6. The SMILES string of the molecule is CC(=O)C[C@@H](C)c1ccc(O[C@@H]2CCN(c3nc(N(C)C)ncc3Cl)C2)cc1. The van der Waals surface area contributed by atoms with E-state index in [-0.39, 0.29) is 17.8 Å². The van der Waals surface area contributed by atoms with Crippen LogP contribution in [-0.4, -0.2) is 49.0 Å². The summed E-state index contributed by atoms with van der Waals surface area (Å²) in [6.07, 6.45) is 3.19. The molecule has 2 aromatic rings. The van der Waals surface area contributed by atoms with Crippen LogP contribution in [0.4, 0.5) is 11.8 Å². The Morgan fingerprint density at radius 1 is 1.36 bits per heavy atom. The van der Waals surface area contributed by atoms with Gasteiger partial charge in [-0.2, -0.15) is 4.98 Å². The van der Waals surface area contributed by atoms with Crippen LogP contribution in [-0.2, 0) is 4.79 Å². The third-order valence-electron chi connectivity index (χ3n) is 4.90. The number of anilines is 2. The quantitative estimate of drug-likeness (QED) is 0.699. The molecule has 0 spiro atoms. The predicted molar refractivity (Wildman–Crippen MR) is 113 cm³/mol. The number of ether oxygens (including phenoxy) is 1. The minimum atomic E-state index is 0.0781. The number of nitrogens with zero attached hydrogens (tertiary/aromatic N) is 4. The smallest absolute Gasteiger partial charge is 0.226 e. The maximum absolute atomic E-state index is 11.3. The molecule has 1 aromatic carbocycles. The fourth-order valence-electron chi connectivity index (χ4n) is 3.42. The summed E-state index contributed by atoms with van der Waals surface area (Å²) in [7, 11) is 3.81. The first-order valence-corrected chi connectivity index (χ1v) is 9.92. The Kier molecular flexibility index (Phi) is 6.39.